The van der Waals surface area contributed by atoms with E-state index in [-0.39, 0.29) is 19.1 Å². The molecule has 0 amide bonds. The second kappa shape index (κ2) is 6.35. The van der Waals surface area contributed by atoms with Gasteiger partial charge in [0.25, 0.3) is 0 Å². The van der Waals surface area contributed by atoms with E-state index in [9.17, 15) is 5.11 Å². The molecular weight excluding hydrogens is 208 g/mol. The van der Waals surface area contributed by atoms with Gasteiger partial charge in [0.05, 0.1) is 20.3 Å². The predicted molar refractivity (Wildman–Crippen MR) is 60.7 cm³/mol. The lowest BCUT2D eigenvalue weighted by Crippen LogP contribution is -2.13. The van der Waals surface area contributed by atoms with Crippen LogP contribution in [0.3, 0.4) is 0 Å². The van der Waals surface area contributed by atoms with Crippen molar-refractivity contribution in [3.63, 3.8) is 0 Å². The zero-order valence-electron chi connectivity index (χ0n) is 9.64. The first-order valence-electron chi connectivity index (χ1n) is 5.23. The number of methoxy groups -OCH3 is 1. The van der Waals surface area contributed by atoms with E-state index in [1.165, 1.54) is 0 Å². The number of aliphatic hydroxyl groups is 2. The van der Waals surface area contributed by atoms with Crippen molar-refractivity contribution in [2.24, 2.45) is 5.92 Å². The first-order valence-corrected chi connectivity index (χ1v) is 5.23. The van der Waals surface area contributed by atoms with E-state index in [4.69, 9.17) is 14.6 Å². The number of para-hydroxylation sites is 1. The minimum atomic E-state index is -0.0972. The molecule has 0 fully saturated rings. The SMILES string of the molecule is COc1cccc(CO)c1OCC(C)CO. The maximum absolute atomic E-state index is 9.18. The largest absolute Gasteiger partial charge is 0.493 e. The van der Waals surface area contributed by atoms with Crippen molar-refractivity contribution in [2.45, 2.75) is 13.5 Å². The van der Waals surface area contributed by atoms with Gasteiger partial charge in [0.1, 0.15) is 0 Å². The summed E-state index contributed by atoms with van der Waals surface area (Å²) in [6.07, 6.45) is 0. The molecule has 0 aliphatic heterocycles. The smallest absolute Gasteiger partial charge is 0.166 e. The third kappa shape index (κ3) is 3.12. The maximum atomic E-state index is 9.18. The highest BCUT2D eigenvalue weighted by molar-refractivity contribution is 5.46. The molecule has 16 heavy (non-hydrogen) atoms. The summed E-state index contributed by atoms with van der Waals surface area (Å²) in [6.45, 7) is 2.25. The van der Waals surface area contributed by atoms with Crippen molar-refractivity contribution in [1.82, 2.24) is 0 Å². The zero-order chi connectivity index (χ0) is 12.0. The molecule has 0 saturated heterocycles. The van der Waals surface area contributed by atoms with Crippen LogP contribution in [-0.2, 0) is 6.61 Å². The maximum Gasteiger partial charge on any atom is 0.166 e. The lowest BCUT2D eigenvalue weighted by molar-refractivity contribution is 0.167. The highest BCUT2D eigenvalue weighted by atomic mass is 16.5. The van der Waals surface area contributed by atoms with Crippen LogP contribution in [0, 0.1) is 5.92 Å². The number of aliphatic hydroxyl groups excluding tert-OH is 2. The van der Waals surface area contributed by atoms with E-state index in [0.717, 1.165) is 0 Å². The lowest BCUT2D eigenvalue weighted by Gasteiger charge is -2.16. The third-order valence-corrected chi connectivity index (χ3v) is 2.27. The average molecular weight is 226 g/mol. The normalized spacial score (nSPS) is 12.2. The fourth-order valence-electron chi connectivity index (χ4n) is 1.29. The summed E-state index contributed by atoms with van der Waals surface area (Å²) < 4.78 is 10.7. The Morgan fingerprint density at radius 2 is 2.06 bits per heavy atom. The van der Waals surface area contributed by atoms with E-state index in [0.29, 0.717) is 23.7 Å². The molecule has 0 aliphatic rings. The van der Waals surface area contributed by atoms with E-state index >= 15 is 0 Å². The summed E-state index contributed by atoms with van der Waals surface area (Å²) in [5.74, 6) is 1.20. The highest BCUT2D eigenvalue weighted by Gasteiger charge is 2.11. The minimum absolute atomic E-state index is 0.0523. The van der Waals surface area contributed by atoms with Gasteiger partial charge in [-0.2, -0.15) is 0 Å². The summed E-state index contributed by atoms with van der Waals surface area (Å²) in [6, 6.07) is 5.35. The topological polar surface area (TPSA) is 58.9 Å². The Morgan fingerprint density at radius 3 is 2.62 bits per heavy atom. The monoisotopic (exact) mass is 226 g/mol. The van der Waals surface area contributed by atoms with E-state index < -0.39 is 0 Å². The molecule has 0 heterocycles. The number of hydrogen-bond acceptors (Lipinski definition) is 4. The highest BCUT2D eigenvalue weighted by Crippen LogP contribution is 2.31. The number of hydrogen-bond donors (Lipinski definition) is 2. The first-order chi connectivity index (χ1) is 7.72. The van der Waals surface area contributed by atoms with Gasteiger partial charge in [-0.15, -0.1) is 0 Å². The molecule has 2 N–H and O–H groups in total. The molecule has 90 valence electrons. The van der Waals surface area contributed by atoms with Crippen LogP contribution in [-0.4, -0.2) is 30.5 Å². The second-order valence-electron chi connectivity index (χ2n) is 3.71. The summed E-state index contributed by atoms with van der Waals surface area (Å²) >= 11 is 0. The molecule has 0 bridgehead atoms. The van der Waals surface area contributed by atoms with Crippen LogP contribution >= 0.6 is 0 Å². The van der Waals surface area contributed by atoms with Crippen LogP contribution in [0.4, 0.5) is 0 Å². The molecule has 0 saturated carbocycles. The van der Waals surface area contributed by atoms with Crippen LogP contribution in [0.25, 0.3) is 0 Å². The number of ether oxygens (including phenoxy) is 2. The van der Waals surface area contributed by atoms with Gasteiger partial charge in [-0.05, 0) is 6.07 Å². The minimum Gasteiger partial charge on any atom is -0.493 e. The van der Waals surface area contributed by atoms with Gasteiger partial charge in [0.15, 0.2) is 11.5 Å². The molecule has 4 heteroatoms. The Morgan fingerprint density at radius 1 is 1.31 bits per heavy atom. The van der Waals surface area contributed by atoms with E-state index in [1.807, 2.05) is 6.92 Å². The summed E-state index contributed by atoms with van der Waals surface area (Å²) in [4.78, 5) is 0. The van der Waals surface area contributed by atoms with Gasteiger partial charge in [0, 0.05) is 18.1 Å². The van der Waals surface area contributed by atoms with Gasteiger partial charge >= 0.3 is 0 Å². The molecule has 1 atom stereocenters. The van der Waals surface area contributed by atoms with Crippen molar-refractivity contribution in [2.75, 3.05) is 20.3 Å². The molecule has 0 spiro atoms. The molecule has 1 aromatic rings. The fourth-order valence-corrected chi connectivity index (χ4v) is 1.29. The first kappa shape index (κ1) is 12.8. The van der Waals surface area contributed by atoms with Crippen molar-refractivity contribution in [1.29, 1.82) is 0 Å². The molecule has 1 rings (SSSR count). The Kier molecular flexibility index (Phi) is 5.08. The molecule has 1 unspecified atom stereocenters. The second-order valence-corrected chi connectivity index (χ2v) is 3.71. The van der Waals surface area contributed by atoms with Crippen LogP contribution in [0.2, 0.25) is 0 Å². The van der Waals surface area contributed by atoms with Crippen molar-refractivity contribution in [3.8, 4) is 11.5 Å². The quantitative estimate of drug-likeness (QED) is 0.765. The van der Waals surface area contributed by atoms with Crippen LogP contribution < -0.4 is 9.47 Å². The Balaban J connectivity index is 2.82. The van der Waals surface area contributed by atoms with Gasteiger partial charge in [-0.25, -0.2) is 0 Å². The van der Waals surface area contributed by atoms with Crippen molar-refractivity contribution < 1.29 is 19.7 Å². The van der Waals surface area contributed by atoms with E-state index in [1.54, 1.807) is 25.3 Å². The van der Waals surface area contributed by atoms with Gasteiger partial charge in [-0.3, -0.25) is 0 Å². The predicted octanol–water partition coefficient (Wildman–Crippen LogP) is 1.19. The van der Waals surface area contributed by atoms with Crippen molar-refractivity contribution >= 4 is 0 Å². The Labute approximate surface area is 95.4 Å². The standard InChI is InChI=1S/C12H18O4/c1-9(6-13)8-16-12-10(7-14)4-3-5-11(12)15-2/h3-5,9,13-14H,6-8H2,1-2H3. The molecular formula is C12H18O4. The molecule has 1 aromatic carbocycles. The Bertz CT molecular complexity index is 303. The van der Waals surface area contributed by atoms with Gasteiger partial charge in [-0.1, -0.05) is 19.1 Å². The number of rotatable bonds is 6. The van der Waals surface area contributed by atoms with Crippen LogP contribution in [0.15, 0.2) is 18.2 Å². The van der Waals surface area contributed by atoms with Crippen LogP contribution in [0.1, 0.15) is 12.5 Å². The molecule has 0 radical (unpaired) electrons. The zero-order valence-corrected chi connectivity index (χ0v) is 9.64. The summed E-state index contributed by atoms with van der Waals surface area (Å²) in [7, 11) is 1.55. The fraction of sp³-hybridized carbons (Fsp3) is 0.500. The summed E-state index contributed by atoms with van der Waals surface area (Å²) in [5, 5.41) is 18.1. The summed E-state index contributed by atoms with van der Waals surface area (Å²) in [5.41, 5.74) is 0.685. The molecule has 0 aromatic heterocycles. The molecule has 4 nitrogen and oxygen atoms in total. The number of benzene rings is 1. The third-order valence-electron chi connectivity index (χ3n) is 2.27. The van der Waals surface area contributed by atoms with Gasteiger partial charge in [0.2, 0.25) is 0 Å². The van der Waals surface area contributed by atoms with Gasteiger partial charge < -0.3 is 19.7 Å². The Hall–Kier alpha value is -1.26. The van der Waals surface area contributed by atoms with E-state index in [2.05, 4.69) is 0 Å². The molecule has 0 aliphatic carbocycles. The van der Waals surface area contributed by atoms with Crippen molar-refractivity contribution in [3.05, 3.63) is 23.8 Å². The lowest BCUT2D eigenvalue weighted by atomic mass is 10.2. The average Bonchev–Trinajstić information content (AvgIpc) is 2.35. The van der Waals surface area contributed by atoms with Crippen LogP contribution in [0.5, 0.6) is 11.5 Å².